The van der Waals surface area contributed by atoms with Crippen LogP contribution in [0, 0.1) is 6.92 Å². The second-order valence-electron chi connectivity index (χ2n) is 6.96. The number of rotatable bonds is 2. The molecule has 0 spiro atoms. The highest BCUT2D eigenvalue weighted by atomic mass is 35.5. The minimum atomic E-state index is -3.75. The second kappa shape index (κ2) is 6.09. The Labute approximate surface area is 167 Å². The summed E-state index contributed by atoms with van der Waals surface area (Å²) in [6.45, 7) is 1.94. The van der Waals surface area contributed by atoms with E-state index in [0.29, 0.717) is 16.1 Å². The highest BCUT2D eigenvalue weighted by Gasteiger charge is 2.23. The van der Waals surface area contributed by atoms with Crippen LogP contribution < -0.4 is 0 Å². The van der Waals surface area contributed by atoms with Gasteiger partial charge in [-0.15, -0.1) is 0 Å². The number of halogens is 1. The molecule has 0 saturated heterocycles. The number of para-hydroxylation sites is 1. The van der Waals surface area contributed by atoms with E-state index >= 15 is 0 Å². The lowest BCUT2D eigenvalue weighted by atomic mass is 10.1. The third kappa shape index (κ3) is 2.53. The van der Waals surface area contributed by atoms with E-state index in [1.165, 1.54) is 3.97 Å². The van der Waals surface area contributed by atoms with Crippen molar-refractivity contribution in [3.8, 4) is 0 Å². The summed E-state index contributed by atoms with van der Waals surface area (Å²) in [6.07, 6.45) is 0. The first-order valence-electron chi connectivity index (χ1n) is 8.90. The molecule has 0 bridgehead atoms. The lowest BCUT2D eigenvalue weighted by Gasteiger charge is -2.10. The van der Waals surface area contributed by atoms with Crippen LogP contribution in [-0.4, -0.2) is 12.4 Å². The van der Waals surface area contributed by atoms with Gasteiger partial charge in [0.15, 0.2) is 0 Å². The molecule has 5 heteroatoms. The first-order valence-corrected chi connectivity index (χ1v) is 10.7. The third-order valence-corrected chi connectivity index (χ3v) is 7.08. The van der Waals surface area contributed by atoms with Gasteiger partial charge in [0, 0.05) is 15.8 Å². The maximum Gasteiger partial charge on any atom is 0.268 e. The highest BCUT2D eigenvalue weighted by molar-refractivity contribution is 7.90. The van der Waals surface area contributed by atoms with Gasteiger partial charge in [0.05, 0.1) is 15.9 Å². The van der Waals surface area contributed by atoms with Crippen molar-refractivity contribution in [3.63, 3.8) is 0 Å². The molecule has 0 amide bonds. The van der Waals surface area contributed by atoms with Gasteiger partial charge in [-0.3, -0.25) is 0 Å². The lowest BCUT2D eigenvalue weighted by molar-refractivity contribution is 0.590. The van der Waals surface area contributed by atoms with E-state index in [0.717, 1.165) is 27.1 Å². The molecular formula is C23H16ClNO2S. The van der Waals surface area contributed by atoms with Gasteiger partial charge >= 0.3 is 0 Å². The van der Waals surface area contributed by atoms with Crippen molar-refractivity contribution >= 4 is 54.2 Å². The van der Waals surface area contributed by atoms with Crippen LogP contribution in [0.5, 0.6) is 0 Å². The summed E-state index contributed by atoms with van der Waals surface area (Å²) in [5, 5.41) is 4.37. The Morgan fingerprint density at radius 1 is 0.750 bits per heavy atom. The normalized spacial score (nSPS) is 12.2. The number of hydrogen-bond donors (Lipinski definition) is 0. The summed E-state index contributed by atoms with van der Waals surface area (Å²) in [7, 11) is -3.75. The predicted molar refractivity (Wildman–Crippen MR) is 116 cm³/mol. The first kappa shape index (κ1) is 17.3. The molecule has 0 atom stereocenters. The Bertz CT molecular complexity index is 1480. The van der Waals surface area contributed by atoms with E-state index in [1.54, 1.807) is 12.1 Å². The molecule has 0 aliphatic heterocycles. The number of nitrogens with zero attached hydrogens (tertiary/aromatic N) is 1. The Kier molecular flexibility index (Phi) is 3.76. The maximum absolute atomic E-state index is 13.6. The van der Waals surface area contributed by atoms with Crippen LogP contribution in [0.2, 0.25) is 5.02 Å². The predicted octanol–water partition coefficient (Wildman–Crippen LogP) is 6.15. The number of hydrogen-bond acceptors (Lipinski definition) is 2. The Balaban J connectivity index is 1.94. The minimum absolute atomic E-state index is 0.275. The fourth-order valence-electron chi connectivity index (χ4n) is 3.72. The van der Waals surface area contributed by atoms with Crippen LogP contribution in [0.1, 0.15) is 5.56 Å². The summed E-state index contributed by atoms with van der Waals surface area (Å²) in [4.78, 5) is 0.275. The number of aromatic nitrogens is 1. The van der Waals surface area contributed by atoms with E-state index in [1.807, 2.05) is 73.7 Å². The molecule has 0 aliphatic rings. The van der Waals surface area contributed by atoms with Gasteiger partial charge in [-0.2, -0.15) is 0 Å². The molecule has 138 valence electrons. The Morgan fingerprint density at radius 2 is 1.50 bits per heavy atom. The van der Waals surface area contributed by atoms with Crippen molar-refractivity contribution in [1.29, 1.82) is 0 Å². The monoisotopic (exact) mass is 405 g/mol. The zero-order valence-electron chi connectivity index (χ0n) is 15.1. The average Bonchev–Trinajstić information content (AvgIpc) is 3.00. The quantitative estimate of drug-likeness (QED) is 0.353. The summed E-state index contributed by atoms with van der Waals surface area (Å²) in [5.74, 6) is 0. The smallest absolute Gasteiger partial charge is 0.233 e. The minimum Gasteiger partial charge on any atom is -0.233 e. The molecule has 0 aliphatic carbocycles. The molecule has 1 aromatic heterocycles. The van der Waals surface area contributed by atoms with E-state index in [9.17, 15) is 8.42 Å². The van der Waals surface area contributed by atoms with Gasteiger partial charge < -0.3 is 0 Å². The van der Waals surface area contributed by atoms with Gasteiger partial charge in [-0.25, -0.2) is 12.4 Å². The molecule has 1 heterocycles. The molecule has 0 radical (unpaired) electrons. The summed E-state index contributed by atoms with van der Waals surface area (Å²) in [6, 6.07) is 24.1. The number of fused-ring (bicyclic) bond motifs is 4. The van der Waals surface area contributed by atoms with Crippen LogP contribution in [0.15, 0.2) is 83.8 Å². The molecule has 0 unspecified atom stereocenters. The van der Waals surface area contributed by atoms with Crippen molar-refractivity contribution in [2.75, 3.05) is 0 Å². The number of benzene rings is 4. The van der Waals surface area contributed by atoms with Crippen LogP contribution >= 0.6 is 11.6 Å². The third-order valence-electron chi connectivity index (χ3n) is 5.11. The standard InChI is InChI=1S/C23H16ClNO2S/c1-15-6-10-19(11-7-15)28(26,27)25-22-5-3-2-4-20(22)21-13-17-12-18(24)9-8-16(17)14-23(21)25/h2-14H,1H3. The van der Waals surface area contributed by atoms with Crippen LogP contribution in [-0.2, 0) is 10.0 Å². The van der Waals surface area contributed by atoms with Crippen molar-refractivity contribution in [3.05, 3.63) is 89.4 Å². The largest absolute Gasteiger partial charge is 0.268 e. The average molecular weight is 406 g/mol. The van der Waals surface area contributed by atoms with Gasteiger partial charge in [-0.05, 0) is 60.2 Å². The fourth-order valence-corrected chi connectivity index (χ4v) is 5.42. The van der Waals surface area contributed by atoms with E-state index in [2.05, 4.69) is 0 Å². The summed E-state index contributed by atoms with van der Waals surface area (Å²) >= 11 is 6.16. The molecule has 5 aromatic rings. The van der Waals surface area contributed by atoms with E-state index in [-0.39, 0.29) is 4.90 Å². The van der Waals surface area contributed by atoms with Crippen LogP contribution in [0.4, 0.5) is 0 Å². The SMILES string of the molecule is Cc1ccc(S(=O)(=O)n2c3ccccc3c3cc4cc(Cl)ccc4cc32)cc1. The zero-order valence-corrected chi connectivity index (χ0v) is 16.6. The molecule has 4 aromatic carbocycles. The van der Waals surface area contributed by atoms with Crippen molar-refractivity contribution in [2.45, 2.75) is 11.8 Å². The molecule has 0 saturated carbocycles. The molecular weight excluding hydrogens is 390 g/mol. The fraction of sp³-hybridized carbons (Fsp3) is 0.0435. The van der Waals surface area contributed by atoms with E-state index < -0.39 is 10.0 Å². The lowest BCUT2D eigenvalue weighted by Crippen LogP contribution is -2.12. The molecule has 28 heavy (non-hydrogen) atoms. The molecule has 0 N–H and O–H groups in total. The summed E-state index contributed by atoms with van der Waals surface area (Å²) in [5.41, 5.74) is 2.35. The zero-order chi connectivity index (χ0) is 19.5. The van der Waals surface area contributed by atoms with Gasteiger partial charge in [-0.1, -0.05) is 53.6 Å². The van der Waals surface area contributed by atoms with Gasteiger partial charge in [0.2, 0.25) is 0 Å². The van der Waals surface area contributed by atoms with Crippen molar-refractivity contribution < 1.29 is 8.42 Å². The van der Waals surface area contributed by atoms with Crippen LogP contribution in [0.3, 0.4) is 0 Å². The Hall–Kier alpha value is -2.82. The molecule has 3 nitrogen and oxygen atoms in total. The maximum atomic E-state index is 13.6. The van der Waals surface area contributed by atoms with Crippen molar-refractivity contribution in [1.82, 2.24) is 3.97 Å². The summed E-state index contributed by atoms with van der Waals surface area (Å²) < 4.78 is 28.6. The van der Waals surface area contributed by atoms with Gasteiger partial charge in [0.1, 0.15) is 0 Å². The van der Waals surface area contributed by atoms with Crippen LogP contribution in [0.25, 0.3) is 32.6 Å². The topological polar surface area (TPSA) is 39.1 Å². The van der Waals surface area contributed by atoms with E-state index in [4.69, 9.17) is 11.6 Å². The molecule has 5 rings (SSSR count). The second-order valence-corrected chi connectivity index (χ2v) is 9.18. The number of aryl methyl sites for hydroxylation is 1. The Morgan fingerprint density at radius 3 is 2.29 bits per heavy atom. The van der Waals surface area contributed by atoms with Gasteiger partial charge in [0.25, 0.3) is 10.0 Å². The first-order chi connectivity index (χ1) is 13.4. The molecule has 0 fully saturated rings. The highest BCUT2D eigenvalue weighted by Crippen LogP contribution is 2.35. The van der Waals surface area contributed by atoms with Crippen molar-refractivity contribution in [2.24, 2.45) is 0 Å².